The van der Waals surface area contributed by atoms with Crippen LogP contribution in [0.5, 0.6) is 0 Å². The lowest BCUT2D eigenvalue weighted by Gasteiger charge is -2.18. The Bertz CT molecular complexity index is 408. The van der Waals surface area contributed by atoms with E-state index in [1.165, 1.54) is 5.56 Å². The van der Waals surface area contributed by atoms with E-state index in [2.05, 4.69) is 46.7 Å². The summed E-state index contributed by atoms with van der Waals surface area (Å²) in [6.45, 7) is 7.27. The highest BCUT2D eigenvalue weighted by Crippen LogP contribution is 2.04. The molecule has 1 amide bonds. The maximum atomic E-state index is 11.9. The van der Waals surface area contributed by atoms with Crippen LogP contribution in [0.4, 0.5) is 0 Å². The highest BCUT2D eigenvalue weighted by molar-refractivity contribution is 5.78. The summed E-state index contributed by atoms with van der Waals surface area (Å²) in [5, 5.41) is 6.35. The molecule has 0 atom stereocenters. The lowest BCUT2D eigenvalue weighted by atomic mass is 10.1. The van der Waals surface area contributed by atoms with Crippen molar-refractivity contribution < 1.29 is 4.79 Å². The second-order valence-corrected chi connectivity index (χ2v) is 5.33. The monoisotopic (exact) mass is 275 g/mol. The number of carbonyl (C=O) groups is 1. The van der Waals surface area contributed by atoms with Gasteiger partial charge in [-0.2, -0.15) is 0 Å². The summed E-state index contributed by atoms with van der Waals surface area (Å²) in [7, 11) is 0. The first-order chi connectivity index (χ1) is 9.78. The van der Waals surface area contributed by atoms with Gasteiger partial charge in [-0.15, -0.1) is 0 Å². The maximum absolute atomic E-state index is 11.9. The normalized spacial score (nSPS) is 16.6. The first kappa shape index (κ1) is 15.0. The minimum atomic E-state index is 0.117. The van der Waals surface area contributed by atoms with Crippen molar-refractivity contribution in [3.05, 3.63) is 35.4 Å². The van der Waals surface area contributed by atoms with Crippen LogP contribution in [0.3, 0.4) is 0 Å². The van der Waals surface area contributed by atoms with E-state index in [1.54, 1.807) is 0 Å². The van der Waals surface area contributed by atoms with Gasteiger partial charge in [-0.3, -0.25) is 9.69 Å². The molecule has 0 bridgehead atoms. The molecule has 1 heterocycles. The second-order valence-electron chi connectivity index (χ2n) is 5.33. The number of rotatable bonds is 5. The van der Waals surface area contributed by atoms with Gasteiger partial charge in [0.15, 0.2) is 0 Å². The smallest absolute Gasteiger partial charge is 0.234 e. The molecule has 0 spiro atoms. The molecule has 0 aliphatic carbocycles. The third-order valence-corrected chi connectivity index (χ3v) is 3.72. The summed E-state index contributed by atoms with van der Waals surface area (Å²) in [5.41, 5.74) is 2.49. The lowest BCUT2D eigenvalue weighted by molar-refractivity contribution is -0.122. The Balaban J connectivity index is 1.73. The van der Waals surface area contributed by atoms with Crippen LogP contribution >= 0.6 is 0 Å². The fraction of sp³-hybridized carbons (Fsp3) is 0.562. The van der Waals surface area contributed by atoms with Gasteiger partial charge in [-0.05, 0) is 37.1 Å². The standard InChI is InChI=1S/C16H25N3O/c1-2-14-4-6-15(7-5-14)12-18-16(20)13-19-10-3-8-17-9-11-19/h4-7,17H,2-3,8-13H2,1H3,(H,18,20). The van der Waals surface area contributed by atoms with Gasteiger partial charge >= 0.3 is 0 Å². The molecule has 1 aliphatic heterocycles. The van der Waals surface area contributed by atoms with Gasteiger partial charge in [0.25, 0.3) is 0 Å². The Morgan fingerprint density at radius 3 is 2.70 bits per heavy atom. The van der Waals surface area contributed by atoms with Crippen molar-refractivity contribution in [3.8, 4) is 0 Å². The minimum absolute atomic E-state index is 0.117. The van der Waals surface area contributed by atoms with Crippen molar-refractivity contribution in [1.29, 1.82) is 0 Å². The molecule has 0 radical (unpaired) electrons. The first-order valence-electron chi connectivity index (χ1n) is 7.55. The van der Waals surface area contributed by atoms with Crippen molar-refractivity contribution >= 4 is 5.91 Å². The van der Waals surface area contributed by atoms with Crippen molar-refractivity contribution in [2.24, 2.45) is 0 Å². The largest absolute Gasteiger partial charge is 0.351 e. The minimum Gasteiger partial charge on any atom is -0.351 e. The molecule has 4 heteroatoms. The number of amides is 1. The van der Waals surface area contributed by atoms with E-state index in [4.69, 9.17) is 0 Å². The third-order valence-electron chi connectivity index (χ3n) is 3.72. The fourth-order valence-electron chi connectivity index (χ4n) is 2.41. The molecule has 4 nitrogen and oxygen atoms in total. The zero-order chi connectivity index (χ0) is 14.2. The predicted octanol–water partition coefficient (Wildman–Crippen LogP) is 1.16. The molecule has 2 rings (SSSR count). The number of hydrogen-bond acceptors (Lipinski definition) is 3. The number of nitrogens with zero attached hydrogens (tertiary/aromatic N) is 1. The van der Waals surface area contributed by atoms with Crippen molar-refractivity contribution in [3.63, 3.8) is 0 Å². The third kappa shape index (κ3) is 4.94. The van der Waals surface area contributed by atoms with Crippen LogP contribution in [0.1, 0.15) is 24.5 Å². The molecule has 0 saturated carbocycles. The van der Waals surface area contributed by atoms with E-state index in [1.807, 2.05) is 0 Å². The molecule has 0 unspecified atom stereocenters. The average Bonchev–Trinajstić information content (AvgIpc) is 2.74. The molecule has 1 fully saturated rings. The van der Waals surface area contributed by atoms with Crippen LogP contribution in [-0.2, 0) is 17.8 Å². The van der Waals surface area contributed by atoms with Gasteiger partial charge in [0.2, 0.25) is 5.91 Å². The Morgan fingerprint density at radius 2 is 1.95 bits per heavy atom. The Hall–Kier alpha value is -1.39. The van der Waals surface area contributed by atoms with Crippen LogP contribution in [0.25, 0.3) is 0 Å². The van der Waals surface area contributed by atoms with Crippen molar-refractivity contribution in [1.82, 2.24) is 15.5 Å². The van der Waals surface area contributed by atoms with E-state index < -0.39 is 0 Å². The SMILES string of the molecule is CCc1ccc(CNC(=O)CN2CCCNCC2)cc1. The Kier molecular flexibility index (Phi) is 6.02. The van der Waals surface area contributed by atoms with Gasteiger partial charge < -0.3 is 10.6 Å². The van der Waals surface area contributed by atoms with E-state index in [9.17, 15) is 4.79 Å². The number of carbonyl (C=O) groups excluding carboxylic acids is 1. The van der Waals surface area contributed by atoms with Crippen molar-refractivity contribution in [2.45, 2.75) is 26.3 Å². The quantitative estimate of drug-likeness (QED) is 0.847. The summed E-state index contributed by atoms with van der Waals surface area (Å²) in [6.07, 6.45) is 2.17. The highest BCUT2D eigenvalue weighted by Gasteiger charge is 2.12. The number of hydrogen-bond donors (Lipinski definition) is 2. The molecule has 2 N–H and O–H groups in total. The molecule has 20 heavy (non-hydrogen) atoms. The van der Waals surface area contributed by atoms with Crippen LogP contribution in [0, 0.1) is 0 Å². The molecular formula is C16H25N3O. The van der Waals surface area contributed by atoms with Crippen LogP contribution in [0.15, 0.2) is 24.3 Å². The zero-order valence-electron chi connectivity index (χ0n) is 12.3. The van der Waals surface area contributed by atoms with Gasteiger partial charge in [-0.1, -0.05) is 31.2 Å². The summed E-state index contributed by atoms with van der Waals surface area (Å²) in [5.74, 6) is 0.117. The molecular weight excluding hydrogens is 250 g/mol. The summed E-state index contributed by atoms with van der Waals surface area (Å²) in [4.78, 5) is 14.2. The first-order valence-corrected chi connectivity index (χ1v) is 7.55. The summed E-state index contributed by atoms with van der Waals surface area (Å²) < 4.78 is 0. The van der Waals surface area contributed by atoms with E-state index >= 15 is 0 Å². The van der Waals surface area contributed by atoms with Crippen LogP contribution < -0.4 is 10.6 Å². The molecule has 110 valence electrons. The summed E-state index contributed by atoms with van der Waals surface area (Å²) >= 11 is 0. The van der Waals surface area contributed by atoms with Gasteiger partial charge in [-0.25, -0.2) is 0 Å². The molecule has 1 saturated heterocycles. The topological polar surface area (TPSA) is 44.4 Å². The van der Waals surface area contributed by atoms with E-state index in [0.29, 0.717) is 13.1 Å². The number of nitrogens with one attached hydrogen (secondary N) is 2. The van der Waals surface area contributed by atoms with Crippen LogP contribution in [-0.4, -0.2) is 43.5 Å². The van der Waals surface area contributed by atoms with E-state index in [0.717, 1.165) is 44.6 Å². The fourth-order valence-corrected chi connectivity index (χ4v) is 2.41. The molecule has 1 aromatic carbocycles. The Labute approximate surface area is 121 Å². The van der Waals surface area contributed by atoms with Gasteiger partial charge in [0.1, 0.15) is 0 Å². The van der Waals surface area contributed by atoms with Crippen LogP contribution in [0.2, 0.25) is 0 Å². The number of aryl methyl sites for hydroxylation is 1. The maximum Gasteiger partial charge on any atom is 0.234 e. The highest BCUT2D eigenvalue weighted by atomic mass is 16.2. The van der Waals surface area contributed by atoms with E-state index in [-0.39, 0.29) is 5.91 Å². The average molecular weight is 275 g/mol. The molecule has 1 aliphatic rings. The lowest BCUT2D eigenvalue weighted by Crippen LogP contribution is -2.38. The predicted molar refractivity (Wildman–Crippen MR) is 81.6 cm³/mol. The molecule has 1 aromatic rings. The zero-order valence-corrected chi connectivity index (χ0v) is 12.3. The van der Waals surface area contributed by atoms with Gasteiger partial charge in [0, 0.05) is 19.6 Å². The second kappa shape index (κ2) is 8.02. The molecule has 0 aromatic heterocycles. The van der Waals surface area contributed by atoms with Crippen molar-refractivity contribution in [2.75, 3.05) is 32.7 Å². The summed E-state index contributed by atoms with van der Waals surface area (Å²) in [6, 6.07) is 8.44. The van der Waals surface area contributed by atoms with Gasteiger partial charge in [0.05, 0.1) is 6.54 Å². The Morgan fingerprint density at radius 1 is 1.20 bits per heavy atom. The number of benzene rings is 1.